The van der Waals surface area contributed by atoms with Gasteiger partial charge in [0.25, 0.3) is 0 Å². The quantitative estimate of drug-likeness (QED) is 0.481. The molecule has 31 heavy (non-hydrogen) atoms. The summed E-state index contributed by atoms with van der Waals surface area (Å²) in [5, 5.41) is 10.1. The minimum atomic E-state index is -0.189. The molecule has 2 aromatic rings. The lowest BCUT2D eigenvalue weighted by atomic mass is 9.97. The van der Waals surface area contributed by atoms with Gasteiger partial charge >= 0.3 is 5.97 Å². The van der Waals surface area contributed by atoms with Crippen LogP contribution in [0.2, 0.25) is 5.02 Å². The maximum Gasteiger partial charge on any atom is 0.308 e. The third-order valence-corrected chi connectivity index (χ3v) is 6.93. The number of anilines is 1. The number of methoxy groups -OCH3 is 1. The van der Waals surface area contributed by atoms with Gasteiger partial charge in [0.15, 0.2) is 5.16 Å². The van der Waals surface area contributed by atoms with Crippen LogP contribution in [0.5, 0.6) is 0 Å². The van der Waals surface area contributed by atoms with E-state index in [9.17, 15) is 9.59 Å². The topological polar surface area (TPSA) is 80.6 Å². The van der Waals surface area contributed by atoms with Gasteiger partial charge in [0.05, 0.1) is 24.5 Å². The van der Waals surface area contributed by atoms with Gasteiger partial charge in [0, 0.05) is 31.2 Å². The number of aromatic nitrogens is 3. The molecule has 0 unspecified atom stereocenters. The number of benzene rings is 1. The summed E-state index contributed by atoms with van der Waals surface area (Å²) in [6, 6.07) is 7.59. The lowest BCUT2D eigenvalue weighted by Gasteiger charge is -2.30. The molecule has 1 aromatic carbocycles. The summed E-state index contributed by atoms with van der Waals surface area (Å²) in [7, 11) is 1.41. The van der Waals surface area contributed by atoms with Crippen molar-refractivity contribution < 1.29 is 14.3 Å². The van der Waals surface area contributed by atoms with Gasteiger partial charge in [-0.15, -0.1) is 10.2 Å². The Balaban J connectivity index is 1.46. The highest BCUT2D eigenvalue weighted by Gasteiger charge is 2.28. The zero-order valence-electron chi connectivity index (χ0n) is 17.5. The molecule has 8 nitrogen and oxygen atoms in total. The molecule has 0 bridgehead atoms. The molecular weight excluding hydrogens is 438 g/mol. The highest BCUT2D eigenvalue weighted by atomic mass is 35.5. The van der Waals surface area contributed by atoms with E-state index >= 15 is 0 Å². The van der Waals surface area contributed by atoms with Gasteiger partial charge in [-0.3, -0.25) is 14.2 Å². The van der Waals surface area contributed by atoms with Gasteiger partial charge in [0.1, 0.15) is 0 Å². The number of carbonyl (C=O) groups is 2. The first-order valence-electron chi connectivity index (χ1n) is 10.5. The van der Waals surface area contributed by atoms with E-state index in [1.54, 1.807) is 0 Å². The molecule has 3 heterocycles. The molecule has 0 radical (unpaired) electrons. The Labute approximate surface area is 190 Å². The van der Waals surface area contributed by atoms with Gasteiger partial charge in [-0.1, -0.05) is 29.4 Å². The number of likely N-dealkylation sites (tertiary alicyclic amines) is 1. The van der Waals surface area contributed by atoms with Crippen molar-refractivity contribution in [2.75, 3.05) is 43.9 Å². The van der Waals surface area contributed by atoms with E-state index in [1.165, 1.54) is 18.9 Å². The summed E-state index contributed by atoms with van der Waals surface area (Å²) in [6.45, 7) is 3.02. The SMILES string of the molecule is COC(=O)C1CCN(C(=O)CSc2nnc(N3CCCC3)n2-c2cccc(Cl)c2)CC1. The minimum absolute atomic E-state index is 0.0386. The Kier molecular flexibility index (Phi) is 7.02. The maximum absolute atomic E-state index is 12.8. The fraction of sp³-hybridized carbons (Fsp3) is 0.524. The summed E-state index contributed by atoms with van der Waals surface area (Å²) in [5.41, 5.74) is 0.883. The van der Waals surface area contributed by atoms with Crippen LogP contribution in [0.3, 0.4) is 0 Å². The molecular formula is C21H26ClN5O3S. The molecule has 2 saturated heterocycles. The van der Waals surface area contributed by atoms with Crippen molar-refractivity contribution in [3.05, 3.63) is 29.3 Å². The number of ether oxygens (including phenoxy) is 1. The fourth-order valence-corrected chi connectivity index (χ4v) is 5.10. The Morgan fingerprint density at radius 2 is 1.90 bits per heavy atom. The van der Waals surface area contributed by atoms with Crippen LogP contribution in [0.1, 0.15) is 25.7 Å². The average Bonchev–Trinajstić information content (AvgIpc) is 3.46. The number of carbonyl (C=O) groups excluding carboxylic acids is 2. The molecule has 0 aliphatic carbocycles. The van der Waals surface area contributed by atoms with Gasteiger partial charge in [-0.05, 0) is 43.9 Å². The summed E-state index contributed by atoms with van der Waals surface area (Å²) in [4.78, 5) is 28.5. The first-order valence-corrected chi connectivity index (χ1v) is 11.9. The maximum atomic E-state index is 12.8. The van der Waals surface area contributed by atoms with Gasteiger partial charge in [-0.2, -0.15) is 0 Å². The van der Waals surface area contributed by atoms with Crippen LogP contribution in [0, 0.1) is 5.92 Å². The second kappa shape index (κ2) is 9.91. The van der Waals surface area contributed by atoms with Crippen molar-refractivity contribution in [2.24, 2.45) is 5.92 Å². The summed E-state index contributed by atoms with van der Waals surface area (Å²) in [5.74, 6) is 0.785. The molecule has 1 amide bonds. The Morgan fingerprint density at radius 1 is 1.16 bits per heavy atom. The van der Waals surface area contributed by atoms with Crippen LogP contribution in [0.4, 0.5) is 5.95 Å². The van der Waals surface area contributed by atoms with Gasteiger partial charge < -0.3 is 14.5 Å². The lowest BCUT2D eigenvalue weighted by Crippen LogP contribution is -2.41. The zero-order valence-corrected chi connectivity index (χ0v) is 19.1. The number of halogens is 1. The van der Waals surface area contributed by atoms with E-state index in [1.807, 2.05) is 33.7 Å². The standard InChI is InChI=1S/C21H26ClN5O3S/c1-30-19(29)15-7-11-25(12-8-15)18(28)14-31-21-24-23-20(26-9-2-3-10-26)27(21)17-6-4-5-16(22)13-17/h4-6,13,15H,2-3,7-12,14H2,1H3. The van der Waals surface area contributed by atoms with Crippen molar-refractivity contribution in [2.45, 2.75) is 30.8 Å². The van der Waals surface area contributed by atoms with E-state index in [-0.39, 0.29) is 23.5 Å². The minimum Gasteiger partial charge on any atom is -0.469 e. The molecule has 166 valence electrons. The number of esters is 1. The number of piperidine rings is 1. The summed E-state index contributed by atoms with van der Waals surface area (Å²) in [6.07, 6.45) is 3.54. The molecule has 10 heteroatoms. The Hall–Kier alpha value is -2.26. The van der Waals surface area contributed by atoms with Gasteiger partial charge in [0.2, 0.25) is 11.9 Å². The van der Waals surface area contributed by atoms with Crippen LogP contribution < -0.4 is 4.90 Å². The molecule has 1 aromatic heterocycles. The molecule has 0 atom stereocenters. The third-order valence-electron chi connectivity index (χ3n) is 5.78. The van der Waals surface area contributed by atoms with Crippen molar-refractivity contribution in [3.8, 4) is 5.69 Å². The largest absolute Gasteiger partial charge is 0.469 e. The number of amides is 1. The summed E-state index contributed by atoms with van der Waals surface area (Å²) >= 11 is 7.61. The monoisotopic (exact) mass is 463 g/mol. The average molecular weight is 464 g/mol. The number of hydrogen-bond acceptors (Lipinski definition) is 7. The van der Waals surface area contributed by atoms with E-state index in [2.05, 4.69) is 15.1 Å². The van der Waals surface area contributed by atoms with Crippen molar-refractivity contribution >= 4 is 41.2 Å². The van der Waals surface area contributed by atoms with Gasteiger partial charge in [-0.25, -0.2) is 0 Å². The Bertz CT molecular complexity index is 939. The van der Waals surface area contributed by atoms with Crippen molar-refractivity contribution in [1.29, 1.82) is 0 Å². The molecule has 2 aliphatic rings. The molecule has 0 saturated carbocycles. The third kappa shape index (κ3) is 4.98. The molecule has 4 rings (SSSR count). The van der Waals surface area contributed by atoms with E-state index < -0.39 is 0 Å². The van der Waals surface area contributed by atoms with Crippen LogP contribution >= 0.6 is 23.4 Å². The van der Waals surface area contributed by atoms with E-state index in [0.29, 0.717) is 36.1 Å². The lowest BCUT2D eigenvalue weighted by molar-refractivity contribution is -0.148. The van der Waals surface area contributed by atoms with E-state index in [4.69, 9.17) is 16.3 Å². The zero-order chi connectivity index (χ0) is 21.8. The number of rotatable bonds is 6. The molecule has 0 spiro atoms. The fourth-order valence-electron chi connectivity index (χ4n) is 4.07. The molecule has 2 aliphatic heterocycles. The predicted molar refractivity (Wildman–Crippen MR) is 120 cm³/mol. The number of thioether (sulfide) groups is 1. The molecule has 0 N–H and O–H groups in total. The Morgan fingerprint density at radius 3 is 2.58 bits per heavy atom. The molecule has 2 fully saturated rings. The van der Waals surface area contributed by atoms with Crippen LogP contribution in [-0.2, 0) is 14.3 Å². The van der Waals surface area contributed by atoms with Crippen LogP contribution in [-0.4, -0.2) is 70.6 Å². The normalized spacial score (nSPS) is 17.2. The summed E-state index contributed by atoms with van der Waals surface area (Å²) < 4.78 is 6.81. The second-order valence-corrected chi connectivity index (χ2v) is 9.14. The predicted octanol–water partition coefficient (Wildman–Crippen LogP) is 3.02. The first kappa shape index (κ1) is 22.0. The van der Waals surface area contributed by atoms with Crippen LogP contribution in [0.25, 0.3) is 5.69 Å². The van der Waals surface area contributed by atoms with E-state index in [0.717, 1.165) is 37.6 Å². The first-order chi connectivity index (χ1) is 15.1. The smallest absolute Gasteiger partial charge is 0.308 e. The van der Waals surface area contributed by atoms with Crippen molar-refractivity contribution in [1.82, 2.24) is 19.7 Å². The number of hydrogen-bond donors (Lipinski definition) is 0. The highest BCUT2D eigenvalue weighted by molar-refractivity contribution is 7.99. The highest BCUT2D eigenvalue weighted by Crippen LogP contribution is 2.30. The van der Waals surface area contributed by atoms with Crippen molar-refractivity contribution in [3.63, 3.8) is 0 Å². The van der Waals surface area contributed by atoms with Crippen LogP contribution in [0.15, 0.2) is 29.4 Å². The number of nitrogens with zero attached hydrogens (tertiary/aromatic N) is 5. The second-order valence-electron chi connectivity index (χ2n) is 7.76.